The van der Waals surface area contributed by atoms with Crippen molar-refractivity contribution in [1.82, 2.24) is 15.1 Å². The first-order valence-electron chi connectivity index (χ1n) is 9.68. The standard InChI is InChI=1S/C22H27N3O3/c1-18(23-21(26)19-8-4-2-5-9-19)22(27)25-14-12-24(13-15-25)16-17-28-20-10-6-3-7-11-20/h2-11,18H,12-17H2,1H3,(H,23,26). The highest BCUT2D eigenvalue weighted by molar-refractivity contribution is 5.97. The Bertz CT molecular complexity index is 759. The summed E-state index contributed by atoms with van der Waals surface area (Å²) < 4.78 is 5.74. The van der Waals surface area contributed by atoms with E-state index < -0.39 is 6.04 Å². The van der Waals surface area contributed by atoms with E-state index in [9.17, 15) is 9.59 Å². The molecule has 1 saturated heterocycles. The lowest BCUT2D eigenvalue weighted by Gasteiger charge is -2.35. The molecule has 0 bridgehead atoms. The molecule has 1 aliphatic rings. The molecule has 1 N–H and O–H groups in total. The van der Waals surface area contributed by atoms with Crippen LogP contribution in [0.5, 0.6) is 5.75 Å². The van der Waals surface area contributed by atoms with Crippen LogP contribution < -0.4 is 10.1 Å². The molecule has 148 valence electrons. The predicted molar refractivity (Wildman–Crippen MR) is 108 cm³/mol. The van der Waals surface area contributed by atoms with Gasteiger partial charge in [0.15, 0.2) is 0 Å². The van der Waals surface area contributed by atoms with Gasteiger partial charge in [0.05, 0.1) is 0 Å². The number of benzene rings is 2. The molecule has 0 saturated carbocycles. The second kappa shape index (κ2) is 9.90. The molecule has 3 rings (SSSR count). The number of hydrogen-bond donors (Lipinski definition) is 1. The maximum atomic E-state index is 12.6. The highest BCUT2D eigenvalue weighted by atomic mass is 16.5. The highest BCUT2D eigenvalue weighted by Crippen LogP contribution is 2.09. The van der Waals surface area contributed by atoms with Crippen molar-refractivity contribution in [3.8, 4) is 5.75 Å². The van der Waals surface area contributed by atoms with Gasteiger partial charge >= 0.3 is 0 Å². The van der Waals surface area contributed by atoms with Gasteiger partial charge in [-0.2, -0.15) is 0 Å². The van der Waals surface area contributed by atoms with Crippen LogP contribution >= 0.6 is 0 Å². The zero-order chi connectivity index (χ0) is 19.8. The maximum Gasteiger partial charge on any atom is 0.251 e. The Morgan fingerprint density at radius 2 is 1.57 bits per heavy atom. The Morgan fingerprint density at radius 3 is 2.21 bits per heavy atom. The van der Waals surface area contributed by atoms with Crippen molar-refractivity contribution in [3.05, 3.63) is 66.2 Å². The zero-order valence-electron chi connectivity index (χ0n) is 16.2. The molecular formula is C22H27N3O3. The van der Waals surface area contributed by atoms with Gasteiger partial charge in [-0.15, -0.1) is 0 Å². The van der Waals surface area contributed by atoms with Crippen molar-refractivity contribution < 1.29 is 14.3 Å². The monoisotopic (exact) mass is 381 g/mol. The first kappa shape index (κ1) is 19.9. The van der Waals surface area contributed by atoms with Gasteiger partial charge in [-0.3, -0.25) is 14.5 Å². The Kier molecular flexibility index (Phi) is 7.03. The number of piperazine rings is 1. The minimum absolute atomic E-state index is 0.0375. The topological polar surface area (TPSA) is 61.9 Å². The number of ether oxygens (including phenoxy) is 1. The summed E-state index contributed by atoms with van der Waals surface area (Å²) >= 11 is 0. The minimum Gasteiger partial charge on any atom is -0.492 e. The van der Waals surface area contributed by atoms with E-state index in [0.29, 0.717) is 25.3 Å². The quantitative estimate of drug-likeness (QED) is 0.797. The molecule has 0 aromatic heterocycles. The third-order valence-electron chi connectivity index (χ3n) is 4.86. The van der Waals surface area contributed by atoms with E-state index in [1.807, 2.05) is 53.4 Å². The van der Waals surface area contributed by atoms with Crippen molar-refractivity contribution in [2.24, 2.45) is 0 Å². The average Bonchev–Trinajstić information content (AvgIpc) is 2.75. The number of nitrogens with zero attached hydrogens (tertiary/aromatic N) is 2. The van der Waals surface area contributed by atoms with Crippen molar-refractivity contribution >= 4 is 11.8 Å². The Labute approximate surface area is 166 Å². The van der Waals surface area contributed by atoms with Crippen LogP contribution in [0.15, 0.2) is 60.7 Å². The van der Waals surface area contributed by atoms with Crippen LogP contribution in [-0.4, -0.2) is 67.0 Å². The fourth-order valence-electron chi connectivity index (χ4n) is 3.21. The predicted octanol–water partition coefficient (Wildman–Crippen LogP) is 2.03. The lowest BCUT2D eigenvalue weighted by molar-refractivity contribution is -0.134. The third-order valence-corrected chi connectivity index (χ3v) is 4.86. The summed E-state index contributed by atoms with van der Waals surface area (Å²) in [5.74, 6) is 0.613. The summed E-state index contributed by atoms with van der Waals surface area (Å²) in [6, 6.07) is 18.2. The number of carbonyl (C=O) groups is 2. The molecule has 6 nitrogen and oxygen atoms in total. The van der Waals surface area contributed by atoms with Crippen LogP contribution in [0.3, 0.4) is 0 Å². The number of para-hydroxylation sites is 1. The van der Waals surface area contributed by atoms with Crippen molar-refractivity contribution in [2.45, 2.75) is 13.0 Å². The molecule has 6 heteroatoms. The van der Waals surface area contributed by atoms with Crippen LogP contribution in [0, 0.1) is 0 Å². The molecule has 1 heterocycles. The van der Waals surface area contributed by atoms with E-state index in [4.69, 9.17) is 4.74 Å². The van der Waals surface area contributed by atoms with Gasteiger partial charge in [0.1, 0.15) is 18.4 Å². The first-order valence-corrected chi connectivity index (χ1v) is 9.68. The lowest BCUT2D eigenvalue weighted by Crippen LogP contribution is -2.54. The fraction of sp³-hybridized carbons (Fsp3) is 0.364. The molecule has 1 atom stereocenters. The number of amides is 2. The summed E-state index contributed by atoms with van der Waals surface area (Å²) in [7, 11) is 0. The normalized spacial score (nSPS) is 15.7. The molecular weight excluding hydrogens is 354 g/mol. The molecule has 1 unspecified atom stereocenters. The molecule has 0 aliphatic carbocycles. The van der Waals surface area contributed by atoms with Crippen molar-refractivity contribution in [2.75, 3.05) is 39.3 Å². The van der Waals surface area contributed by atoms with Gasteiger partial charge in [-0.25, -0.2) is 0 Å². The van der Waals surface area contributed by atoms with E-state index in [0.717, 1.165) is 25.4 Å². The van der Waals surface area contributed by atoms with E-state index in [2.05, 4.69) is 10.2 Å². The SMILES string of the molecule is CC(NC(=O)c1ccccc1)C(=O)N1CCN(CCOc2ccccc2)CC1. The number of nitrogens with one attached hydrogen (secondary N) is 1. The van der Waals surface area contributed by atoms with Gasteiger partial charge in [0, 0.05) is 38.3 Å². The summed E-state index contributed by atoms with van der Waals surface area (Å²) in [5, 5.41) is 2.79. The summed E-state index contributed by atoms with van der Waals surface area (Å²) in [4.78, 5) is 29.0. The number of hydrogen-bond acceptors (Lipinski definition) is 4. The molecule has 0 spiro atoms. The molecule has 2 amide bonds. The summed E-state index contributed by atoms with van der Waals surface area (Å²) in [6.45, 7) is 6.14. The van der Waals surface area contributed by atoms with E-state index >= 15 is 0 Å². The smallest absolute Gasteiger partial charge is 0.251 e. The summed E-state index contributed by atoms with van der Waals surface area (Å²) in [5.41, 5.74) is 0.561. The van der Waals surface area contributed by atoms with E-state index in [-0.39, 0.29) is 11.8 Å². The maximum absolute atomic E-state index is 12.6. The number of rotatable bonds is 7. The van der Waals surface area contributed by atoms with Gasteiger partial charge in [-0.1, -0.05) is 36.4 Å². The second-order valence-electron chi connectivity index (χ2n) is 6.89. The van der Waals surface area contributed by atoms with Crippen LogP contribution in [0.25, 0.3) is 0 Å². The highest BCUT2D eigenvalue weighted by Gasteiger charge is 2.26. The van der Waals surface area contributed by atoms with Gasteiger partial charge in [0.25, 0.3) is 5.91 Å². The first-order chi connectivity index (χ1) is 13.6. The Balaban J connectivity index is 1.39. The van der Waals surface area contributed by atoms with E-state index in [1.54, 1.807) is 19.1 Å². The van der Waals surface area contributed by atoms with Crippen molar-refractivity contribution in [1.29, 1.82) is 0 Å². The van der Waals surface area contributed by atoms with Crippen LogP contribution in [0.4, 0.5) is 0 Å². The molecule has 1 fully saturated rings. The van der Waals surface area contributed by atoms with Crippen LogP contribution in [0.1, 0.15) is 17.3 Å². The van der Waals surface area contributed by atoms with Gasteiger partial charge in [0.2, 0.25) is 5.91 Å². The van der Waals surface area contributed by atoms with E-state index in [1.165, 1.54) is 0 Å². The average molecular weight is 381 g/mol. The Morgan fingerprint density at radius 1 is 0.964 bits per heavy atom. The fourth-order valence-corrected chi connectivity index (χ4v) is 3.21. The molecule has 28 heavy (non-hydrogen) atoms. The minimum atomic E-state index is -0.541. The van der Waals surface area contributed by atoms with Crippen LogP contribution in [0.2, 0.25) is 0 Å². The molecule has 2 aromatic rings. The summed E-state index contributed by atoms with van der Waals surface area (Å²) in [6.07, 6.45) is 0. The second-order valence-corrected chi connectivity index (χ2v) is 6.89. The van der Waals surface area contributed by atoms with Gasteiger partial charge < -0.3 is 15.0 Å². The zero-order valence-corrected chi connectivity index (χ0v) is 16.2. The van der Waals surface area contributed by atoms with Crippen molar-refractivity contribution in [3.63, 3.8) is 0 Å². The Hall–Kier alpha value is -2.86. The van der Waals surface area contributed by atoms with Crippen LogP contribution in [-0.2, 0) is 4.79 Å². The number of carbonyl (C=O) groups excluding carboxylic acids is 2. The molecule has 1 aliphatic heterocycles. The van der Waals surface area contributed by atoms with Gasteiger partial charge in [-0.05, 0) is 31.2 Å². The third kappa shape index (κ3) is 5.57. The molecule has 2 aromatic carbocycles. The molecule has 0 radical (unpaired) electrons. The lowest BCUT2D eigenvalue weighted by atomic mass is 10.2. The largest absolute Gasteiger partial charge is 0.492 e.